The molecule has 0 fully saturated rings. The minimum absolute atomic E-state index is 0.00910. The van der Waals surface area contributed by atoms with Gasteiger partial charge in [-0.1, -0.05) is 29.3 Å². The van der Waals surface area contributed by atoms with Crippen LogP contribution in [-0.4, -0.2) is 39.8 Å². The third-order valence-electron chi connectivity index (χ3n) is 3.84. The molecule has 2 aromatic heterocycles. The number of aliphatic hydroxyl groups is 1. The standard InChI is InChI=1S/C18H13Cl2F3N4O2/c19-10-3-1-4-11(20)14(10)17(29)25-12-5-2-7-27-13(9-24-6-8-28)15(18(21,22)23)26-16(12)27/h1-5,7,9,28H,6,8H2,(H,25,29). The van der Waals surface area contributed by atoms with Crippen LogP contribution >= 0.6 is 23.2 Å². The van der Waals surface area contributed by atoms with Crippen molar-refractivity contribution >= 4 is 46.7 Å². The summed E-state index contributed by atoms with van der Waals surface area (Å²) in [5.74, 6) is -0.694. The number of aliphatic imine (C=N–C) groups is 1. The molecular weight excluding hydrogens is 432 g/mol. The summed E-state index contributed by atoms with van der Waals surface area (Å²) in [5, 5.41) is 11.5. The number of alkyl halides is 3. The smallest absolute Gasteiger partial charge is 0.394 e. The fourth-order valence-corrected chi connectivity index (χ4v) is 3.19. The Bertz CT molecular complexity index is 1080. The van der Waals surface area contributed by atoms with Crippen LogP contribution in [0.1, 0.15) is 21.7 Å². The molecule has 0 radical (unpaired) electrons. The van der Waals surface area contributed by atoms with Gasteiger partial charge in [0.15, 0.2) is 11.3 Å². The minimum Gasteiger partial charge on any atom is -0.394 e. The lowest BCUT2D eigenvalue weighted by Crippen LogP contribution is -2.14. The number of carbonyl (C=O) groups is 1. The van der Waals surface area contributed by atoms with Crippen LogP contribution in [0.25, 0.3) is 5.65 Å². The molecule has 6 nitrogen and oxygen atoms in total. The average molecular weight is 445 g/mol. The Balaban J connectivity index is 2.09. The lowest BCUT2D eigenvalue weighted by Gasteiger charge is -2.09. The molecule has 152 valence electrons. The molecule has 3 rings (SSSR count). The summed E-state index contributed by atoms with van der Waals surface area (Å²) in [6.45, 7) is -0.375. The molecule has 0 aliphatic heterocycles. The summed E-state index contributed by atoms with van der Waals surface area (Å²) in [6, 6.07) is 7.35. The van der Waals surface area contributed by atoms with E-state index in [2.05, 4.69) is 15.3 Å². The number of aliphatic hydroxyl groups excluding tert-OH is 1. The molecule has 0 spiro atoms. The first-order valence-corrected chi connectivity index (χ1v) is 8.94. The normalized spacial score (nSPS) is 12.1. The number of nitrogens with zero attached hydrogens (tertiary/aromatic N) is 3. The van der Waals surface area contributed by atoms with Gasteiger partial charge in [0.1, 0.15) is 0 Å². The summed E-state index contributed by atoms with van der Waals surface area (Å²) in [7, 11) is 0. The zero-order chi connectivity index (χ0) is 21.2. The van der Waals surface area contributed by atoms with Crippen LogP contribution in [0.3, 0.4) is 0 Å². The first-order chi connectivity index (χ1) is 13.7. The van der Waals surface area contributed by atoms with Crippen LogP contribution in [-0.2, 0) is 6.18 Å². The summed E-state index contributed by atoms with van der Waals surface area (Å²) in [4.78, 5) is 20.0. The van der Waals surface area contributed by atoms with Gasteiger partial charge in [-0.2, -0.15) is 13.2 Å². The zero-order valence-electron chi connectivity index (χ0n) is 14.5. The first kappa shape index (κ1) is 21.1. The van der Waals surface area contributed by atoms with E-state index in [1.807, 2.05) is 0 Å². The zero-order valence-corrected chi connectivity index (χ0v) is 16.1. The highest BCUT2D eigenvalue weighted by Gasteiger charge is 2.38. The average Bonchev–Trinajstić information content (AvgIpc) is 3.02. The molecule has 1 aromatic carbocycles. The minimum atomic E-state index is -4.75. The van der Waals surface area contributed by atoms with Gasteiger partial charge in [0.2, 0.25) is 0 Å². The van der Waals surface area contributed by atoms with Gasteiger partial charge in [-0.05, 0) is 24.3 Å². The van der Waals surface area contributed by atoms with E-state index in [1.54, 1.807) is 6.07 Å². The highest BCUT2D eigenvalue weighted by atomic mass is 35.5. The lowest BCUT2D eigenvalue weighted by atomic mass is 10.2. The molecule has 0 saturated heterocycles. The number of carbonyl (C=O) groups excluding carboxylic acids is 1. The Morgan fingerprint density at radius 2 is 1.93 bits per heavy atom. The molecule has 0 aliphatic carbocycles. The van der Waals surface area contributed by atoms with Gasteiger partial charge in [0, 0.05) is 12.4 Å². The Morgan fingerprint density at radius 3 is 2.55 bits per heavy atom. The summed E-state index contributed by atoms with van der Waals surface area (Å²) in [6.07, 6.45) is -2.41. The van der Waals surface area contributed by atoms with Crippen molar-refractivity contribution < 1.29 is 23.1 Å². The second kappa shape index (κ2) is 8.40. The number of benzene rings is 1. The van der Waals surface area contributed by atoms with E-state index in [9.17, 15) is 18.0 Å². The van der Waals surface area contributed by atoms with Crippen LogP contribution in [0, 0.1) is 0 Å². The monoisotopic (exact) mass is 444 g/mol. The lowest BCUT2D eigenvalue weighted by molar-refractivity contribution is -0.140. The number of halogens is 5. The highest BCUT2D eigenvalue weighted by Crippen LogP contribution is 2.33. The van der Waals surface area contributed by atoms with Gasteiger partial charge < -0.3 is 10.4 Å². The van der Waals surface area contributed by atoms with Crippen molar-refractivity contribution in [1.82, 2.24) is 9.38 Å². The second-order valence-corrected chi connectivity index (χ2v) is 6.58. The van der Waals surface area contributed by atoms with Gasteiger partial charge >= 0.3 is 6.18 Å². The number of aromatic nitrogens is 2. The summed E-state index contributed by atoms with van der Waals surface area (Å²) in [5.41, 5.74) is -1.61. The summed E-state index contributed by atoms with van der Waals surface area (Å²) < 4.78 is 41.5. The van der Waals surface area contributed by atoms with Gasteiger partial charge in [-0.15, -0.1) is 0 Å². The maximum absolute atomic E-state index is 13.5. The Kier molecular flexibility index (Phi) is 6.11. The molecule has 2 N–H and O–H groups in total. The fraction of sp³-hybridized carbons (Fsp3) is 0.167. The van der Waals surface area contributed by atoms with Gasteiger partial charge in [-0.3, -0.25) is 14.2 Å². The van der Waals surface area contributed by atoms with Gasteiger partial charge in [0.25, 0.3) is 5.91 Å². The van der Waals surface area contributed by atoms with E-state index >= 15 is 0 Å². The largest absolute Gasteiger partial charge is 0.435 e. The SMILES string of the molecule is O=C(Nc1cccn2c(C=NCCO)c(C(F)(F)F)nc12)c1c(Cl)cccc1Cl. The van der Waals surface area contributed by atoms with Crippen molar-refractivity contribution in [3.05, 3.63) is 63.5 Å². The predicted octanol–water partition coefficient (Wildman–Crippen LogP) is 4.32. The number of nitrogens with one attached hydrogen (secondary N) is 1. The molecule has 11 heteroatoms. The number of amides is 1. The van der Waals surface area contributed by atoms with Crippen molar-refractivity contribution in [2.24, 2.45) is 4.99 Å². The highest BCUT2D eigenvalue weighted by molar-refractivity contribution is 6.40. The topological polar surface area (TPSA) is 79.0 Å². The Labute approximate surface area is 172 Å². The maximum atomic E-state index is 13.5. The van der Waals surface area contributed by atoms with E-state index < -0.39 is 17.8 Å². The molecule has 0 atom stereocenters. The molecule has 0 bridgehead atoms. The molecule has 0 unspecified atom stereocenters. The number of imidazole rings is 1. The quantitative estimate of drug-likeness (QED) is 0.575. The first-order valence-electron chi connectivity index (χ1n) is 8.18. The molecule has 3 aromatic rings. The molecule has 29 heavy (non-hydrogen) atoms. The van der Waals surface area contributed by atoms with E-state index in [-0.39, 0.29) is 45.8 Å². The fourth-order valence-electron chi connectivity index (χ4n) is 2.62. The van der Waals surface area contributed by atoms with Crippen molar-refractivity contribution in [2.45, 2.75) is 6.18 Å². The van der Waals surface area contributed by atoms with Crippen molar-refractivity contribution in [2.75, 3.05) is 18.5 Å². The van der Waals surface area contributed by atoms with Crippen LogP contribution in [0.4, 0.5) is 18.9 Å². The van der Waals surface area contributed by atoms with E-state index in [0.717, 1.165) is 10.6 Å². The Morgan fingerprint density at radius 1 is 1.24 bits per heavy atom. The van der Waals surface area contributed by atoms with E-state index in [1.165, 1.54) is 30.5 Å². The van der Waals surface area contributed by atoms with Crippen LogP contribution in [0.2, 0.25) is 10.0 Å². The van der Waals surface area contributed by atoms with Gasteiger partial charge in [0.05, 0.1) is 40.1 Å². The second-order valence-electron chi connectivity index (χ2n) is 5.77. The van der Waals surface area contributed by atoms with Crippen LogP contribution < -0.4 is 5.32 Å². The summed E-state index contributed by atoms with van der Waals surface area (Å²) >= 11 is 12.0. The predicted molar refractivity (Wildman–Crippen MR) is 104 cm³/mol. The molecule has 2 heterocycles. The van der Waals surface area contributed by atoms with Crippen LogP contribution in [0.15, 0.2) is 41.5 Å². The van der Waals surface area contributed by atoms with E-state index in [0.29, 0.717) is 0 Å². The molecule has 0 saturated carbocycles. The van der Waals surface area contributed by atoms with Crippen molar-refractivity contribution in [3.8, 4) is 0 Å². The maximum Gasteiger partial charge on any atom is 0.435 e. The molecule has 1 amide bonds. The number of rotatable bonds is 5. The molecule has 0 aliphatic rings. The van der Waals surface area contributed by atoms with Crippen molar-refractivity contribution in [3.63, 3.8) is 0 Å². The number of pyridine rings is 1. The van der Waals surface area contributed by atoms with Crippen LogP contribution in [0.5, 0.6) is 0 Å². The number of fused-ring (bicyclic) bond motifs is 1. The molecular formula is C18H13Cl2F3N4O2. The third-order valence-corrected chi connectivity index (χ3v) is 4.47. The van der Waals surface area contributed by atoms with Crippen molar-refractivity contribution in [1.29, 1.82) is 0 Å². The number of hydrogen-bond donors (Lipinski definition) is 2. The number of hydrogen-bond acceptors (Lipinski definition) is 4. The number of anilines is 1. The Hall–Kier alpha value is -2.62. The third kappa shape index (κ3) is 4.36. The van der Waals surface area contributed by atoms with E-state index in [4.69, 9.17) is 28.3 Å². The van der Waals surface area contributed by atoms with Gasteiger partial charge in [-0.25, -0.2) is 4.98 Å².